The summed E-state index contributed by atoms with van der Waals surface area (Å²) in [7, 11) is 0. The van der Waals surface area contributed by atoms with Crippen molar-refractivity contribution in [3.8, 4) is 47.3 Å². The largest absolute Gasteiger partial charge is 0.453 e. The highest BCUT2D eigenvalue weighted by Gasteiger charge is 2.51. The minimum atomic E-state index is -0.186. The topological polar surface area (TPSA) is 123 Å². The van der Waals surface area contributed by atoms with Crippen LogP contribution in [0, 0.1) is 45.3 Å². The molecule has 296 valence electrons. The van der Waals surface area contributed by atoms with Crippen LogP contribution in [0.3, 0.4) is 0 Å². The van der Waals surface area contributed by atoms with E-state index in [9.17, 15) is 21.0 Å². The molecule has 0 amide bonds. The Bertz CT molecular complexity index is 2850. The van der Waals surface area contributed by atoms with Crippen molar-refractivity contribution in [3.05, 3.63) is 148 Å². The minimum absolute atomic E-state index is 0.151. The molecule has 0 aromatic heterocycles. The van der Waals surface area contributed by atoms with Crippen LogP contribution in [0.1, 0.15) is 111 Å². The van der Waals surface area contributed by atoms with E-state index in [1.807, 2.05) is 54.6 Å². The maximum Gasteiger partial charge on any atom is 0.152 e. The first-order chi connectivity index (χ1) is 29.3. The molecular weight excluding hydrogens is 755 g/mol. The van der Waals surface area contributed by atoms with Crippen LogP contribution >= 0.6 is 0 Å². The Hall–Kier alpha value is -7.72. The molecule has 2 bridgehead atoms. The summed E-state index contributed by atoms with van der Waals surface area (Å²) in [6, 6.07) is 42.9. The van der Waals surface area contributed by atoms with Gasteiger partial charge in [0.15, 0.2) is 23.0 Å². The average Bonchev–Trinajstić information content (AvgIpc) is 3.83. The summed E-state index contributed by atoms with van der Waals surface area (Å²) in [6.07, 6.45) is 1.65. The number of para-hydroxylation sites is 1. The molecule has 0 spiro atoms. The molecule has 9 nitrogen and oxygen atoms in total. The van der Waals surface area contributed by atoms with Crippen molar-refractivity contribution in [2.45, 2.75) is 77.3 Å². The van der Waals surface area contributed by atoms with Crippen molar-refractivity contribution in [2.24, 2.45) is 0 Å². The zero-order chi connectivity index (χ0) is 42.5. The van der Waals surface area contributed by atoms with E-state index in [1.165, 1.54) is 0 Å². The normalized spacial score (nSPS) is 16.7. The SMILES string of the molecule is CC(C)(C)c1ccc2c(c1)Oc1cc(C#N)ccc1N2c1c(C#N)c(C#N)c(N2c3ccc(C#N)cc3Oc3cc(C(C)(C)C)ccc32)c2c1C1CCC2N1c1ccccc1. The Labute approximate surface area is 356 Å². The second-order valence-electron chi connectivity index (χ2n) is 18.2. The lowest BCUT2D eigenvalue weighted by Crippen LogP contribution is -2.24. The Balaban J connectivity index is 1.33. The molecule has 6 aromatic rings. The highest BCUT2D eigenvalue weighted by Crippen LogP contribution is 2.66. The molecule has 4 aliphatic rings. The van der Waals surface area contributed by atoms with Gasteiger partial charge in [0.25, 0.3) is 0 Å². The molecule has 4 aliphatic heterocycles. The lowest BCUT2D eigenvalue weighted by Gasteiger charge is -2.39. The maximum absolute atomic E-state index is 11.6. The maximum atomic E-state index is 11.6. The molecular formula is C52H41N7O2. The van der Waals surface area contributed by atoms with E-state index >= 15 is 0 Å². The lowest BCUT2D eigenvalue weighted by molar-refractivity contribution is 0.472. The van der Waals surface area contributed by atoms with E-state index in [0.29, 0.717) is 56.9 Å². The third-order valence-electron chi connectivity index (χ3n) is 12.5. The molecule has 4 heterocycles. The average molecular weight is 796 g/mol. The molecule has 61 heavy (non-hydrogen) atoms. The van der Waals surface area contributed by atoms with Crippen molar-refractivity contribution >= 4 is 39.8 Å². The van der Waals surface area contributed by atoms with Gasteiger partial charge in [0.05, 0.1) is 80.6 Å². The number of nitrogens with zero attached hydrogens (tertiary/aromatic N) is 7. The van der Waals surface area contributed by atoms with Crippen LogP contribution in [-0.2, 0) is 10.8 Å². The van der Waals surface area contributed by atoms with Crippen LogP contribution in [0.15, 0.2) is 103 Å². The highest BCUT2D eigenvalue weighted by molar-refractivity contribution is 5.99. The molecule has 0 saturated carbocycles. The second-order valence-corrected chi connectivity index (χ2v) is 18.2. The molecule has 1 fully saturated rings. The molecule has 10 rings (SSSR count). The number of hydrogen-bond donors (Lipinski definition) is 0. The van der Waals surface area contributed by atoms with Gasteiger partial charge in [0.1, 0.15) is 12.1 Å². The molecule has 6 aromatic carbocycles. The Morgan fingerprint density at radius 3 is 1.26 bits per heavy atom. The first-order valence-electron chi connectivity index (χ1n) is 20.5. The molecule has 0 radical (unpaired) electrons. The smallest absolute Gasteiger partial charge is 0.152 e. The molecule has 9 heteroatoms. The number of rotatable bonds is 3. The van der Waals surface area contributed by atoms with Crippen LogP contribution in [0.4, 0.5) is 39.8 Å². The van der Waals surface area contributed by atoms with Crippen LogP contribution < -0.4 is 24.2 Å². The quantitative estimate of drug-likeness (QED) is 0.172. The number of nitriles is 4. The molecule has 2 unspecified atom stereocenters. The zero-order valence-electron chi connectivity index (χ0n) is 34.8. The lowest BCUT2D eigenvalue weighted by atomic mass is 9.82. The van der Waals surface area contributed by atoms with E-state index < -0.39 is 0 Å². The van der Waals surface area contributed by atoms with Crippen molar-refractivity contribution in [1.29, 1.82) is 21.0 Å². The van der Waals surface area contributed by atoms with Crippen molar-refractivity contribution in [2.75, 3.05) is 14.7 Å². The second kappa shape index (κ2) is 13.4. The number of benzene rings is 6. The Kier molecular flexibility index (Phi) is 8.25. The zero-order valence-corrected chi connectivity index (χ0v) is 34.8. The third kappa shape index (κ3) is 5.63. The van der Waals surface area contributed by atoms with Gasteiger partial charge in [-0.3, -0.25) is 0 Å². The van der Waals surface area contributed by atoms with Gasteiger partial charge in [0, 0.05) is 28.9 Å². The van der Waals surface area contributed by atoms with Gasteiger partial charge in [-0.2, -0.15) is 21.0 Å². The summed E-state index contributed by atoms with van der Waals surface area (Å²) in [5.74, 6) is 2.16. The summed E-state index contributed by atoms with van der Waals surface area (Å²) >= 11 is 0. The summed E-state index contributed by atoms with van der Waals surface area (Å²) in [6.45, 7) is 12.9. The number of hydrogen-bond acceptors (Lipinski definition) is 9. The molecule has 2 atom stereocenters. The fraction of sp³-hybridized carbons (Fsp3) is 0.231. The molecule has 0 N–H and O–H groups in total. The number of fused-ring (bicyclic) bond motifs is 9. The molecule has 1 saturated heterocycles. The monoisotopic (exact) mass is 795 g/mol. The summed E-state index contributed by atoms with van der Waals surface area (Å²) in [5.41, 5.74) is 10.1. The summed E-state index contributed by atoms with van der Waals surface area (Å²) in [4.78, 5) is 6.63. The fourth-order valence-electron chi connectivity index (χ4n) is 9.63. The predicted octanol–water partition coefficient (Wildman–Crippen LogP) is 13.3. The Morgan fingerprint density at radius 2 is 0.885 bits per heavy atom. The van der Waals surface area contributed by atoms with E-state index in [0.717, 1.165) is 52.2 Å². The first kappa shape index (κ1) is 37.5. The standard InChI is InChI=1S/C52H41N7O2/c1-51(2,3)32-14-18-39-45(24-32)60-43-22-30(26-53)12-16-37(43)58(39)49-35(28-55)36(29-56)50(48-42-21-20-41(47(48)49)57(42)34-10-8-7-9-11-34)59-38-17-13-31(27-54)23-44(38)61-46-25-33(52(4,5)6)15-19-40(46)59/h7-19,22-25,41-42H,20-21H2,1-6H3. The van der Waals surface area contributed by atoms with Gasteiger partial charge in [-0.1, -0.05) is 71.9 Å². The van der Waals surface area contributed by atoms with Gasteiger partial charge in [-0.25, -0.2) is 0 Å². The van der Waals surface area contributed by atoms with E-state index in [4.69, 9.17) is 9.47 Å². The number of ether oxygens (including phenoxy) is 2. The van der Waals surface area contributed by atoms with E-state index in [2.05, 4.69) is 105 Å². The Morgan fingerprint density at radius 1 is 0.492 bits per heavy atom. The van der Waals surface area contributed by atoms with Gasteiger partial charge < -0.3 is 24.2 Å². The van der Waals surface area contributed by atoms with Gasteiger partial charge in [-0.05, 0) is 95.5 Å². The predicted molar refractivity (Wildman–Crippen MR) is 236 cm³/mol. The molecule has 0 aliphatic carbocycles. The first-order valence-corrected chi connectivity index (χ1v) is 20.5. The van der Waals surface area contributed by atoms with Crippen LogP contribution in [0.5, 0.6) is 23.0 Å². The van der Waals surface area contributed by atoms with Crippen LogP contribution in [0.25, 0.3) is 0 Å². The fourth-order valence-corrected chi connectivity index (χ4v) is 9.63. The number of anilines is 7. The van der Waals surface area contributed by atoms with E-state index in [1.54, 1.807) is 24.3 Å². The van der Waals surface area contributed by atoms with Crippen molar-refractivity contribution in [1.82, 2.24) is 0 Å². The van der Waals surface area contributed by atoms with Gasteiger partial charge in [0.2, 0.25) is 0 Å². The van der Waals surface area contributed by atoms with Gasteiger partial charge >= 0.3 is 0 Å². The van der Waals surface area contributed by atoms with Crippen molar-refractivity contribution < 1.29 is 9.47 Å². The third-order valence-corrected chi connectivity index (χ3v) is 12.5. The summed E-state index contributed by atoms with van der Waals surface area (Å²) < 4.78 is 13.3. The minimum Gasteiger partial charge on any atom is -0.453 e. The van der Waals surface area contributed by atoms with Gasteiger partial charge in [-0.15, -0.1) is 0 Å². The summed E-state index contributed by atoms with van der Waals surface area (Å²) in [5, 5.41) is 43.2. The highest BCUT2D eigenvalue weighted by atomic mass is 16.5. The van der Waals surface area contributed by atoms with Crippen LogP contribution in [0.2, 0.25) is 0 Å². The van der Waals surface area contributed by atoms with Crippen LogP contribution in [-0.4, -0.2) is 0 Å². The van der Waals surface area contributed by atoms with E-state index in [-0.39, 0.29) is 34.0 Å². The van der Waals surface area contributed by atoms with Crippen molar-refractivity contribution in [3.63, 3.8) is 0 Å².